The molecule has 0 aromatic rings. The van der Waals surface area contributed by atoms with Gasteiger partial charge in [-0.2, -0.15) is 0 Å². The number of hydrogen-bond acceptors (Lipinski definition) is 11. The summed E-state index contributed by atoms with van der Waals surface area (Å²) in [4.78, 5) is 55.1. The minimum Gasteiger partial charge on any atom is -0.466 e. The predicted molar refractivity (Wildman–Crippen MR) is 319 cm³/mol. The molecular formula is C68H120N2O9. The predicted octanol–water partition coefficient (Wildman–Crippen LogP) is 16.0. The second kappa shape index (κ2) is 38.6. The number of carbonyl (C=O) groups is 4. The van der Waals surface area contributed by atoms with Gasteiger partial charge in [0.2, 0.25) is 0 Å². The molecule has 9 aliphatic carbocycles. The van der Waals surface area contributed by atoms with Gasteiger partial charge >= 0.3 is 23.9 Å². The van der Waals surface area contributed by atoms with Gasteiger partial charge in [-0.1, -0.05) is 77.0 Å². The third-order valence-electron chi connectivity index (χ3n) is 21.4. The van der Waals surface area contributed by atoms with Crippen LogP contribution < -0.4 is 0 Å². The summed E-state index contributed by atoms with van der Waals surface area (Å²) >= 11 is 0. The largest absolute Gasteiger partial charge is 0.466 e. The molecule has 0 aromatic carbocycles. The van der Waals surface area contributed by atoms with E-state index in [1.807, 2.05) is 0 Å². The fourth-order valence-corrected chi connectivity index (χ4v) is 15.5. The summed E-state index contributed by atoms with van der Waals surface area (Å²) in [5, 5.41) is 9.53. The summed E-state index contributed by atoms with van der Waals surface area (Å²) in [6.45, 7) is 8.40. The Balaban J connectivity index is 0.758. The molecule has 0 spiro atoms. The number of hydrogen-bond donors (Lipinski definition) is 1. The molecule has 0 saturated heterocycles. The van der Waals surface area contributed by atoms with Crippen molar-refractivity contribution in [2.75, 3.05) is 72.3 Å². The smallest absolute Gasteiger partial charge is 0.305 e. The molecule has 9 saturated carbocycles. The summed E-state index contributed by atoms with van der Waals surface area (Å²) in [5.41, 5.74) is 1.40. The standard InChI is InChI=1S/C68H120N2O9/c71-54-22-53-70(50-18-12-6-3-9-15-25-64(74)79-58-47-68-42-33-61(34-43-68)35-44-68)52-21-26-65(75)76-55-20-19-51-69(48-16-10-4-1-7-13-23-62(72)77-56-45-66-36-27-59(28-37-66)29-38-66)49-17-11-5-2-8-14-24-63(73)78-57-46-67-39-30-60(31-40-67)32-41-67/h59-61,71H,1-58H2. The average molecular weight is 1110 g/mol. The van der Waals surface area contributed by atoms with E-state index in [4.69, 9.17) is 18.9 Å². The number of fused-ring (bicyclic) bond motifs is 9. The molecule has 0 aliphatic heterocycles. The summed E-state index contributed by atoms with van der Waals surface area (Å²) in [5.74, 6) is 2.78. The van der Waals surface area contributed by atoms with Crippen LogP contribution in [0.3, 0.4) is 0 Å². The van der Waals surface area contributed by atoms with Crippen LogP contribution in [0.4, 0.5) is 0 Å². The molecule has 79 heavy (non-hydrogen) atoms. The van der Waals surface area contributed by atoms with E-state index in [9.17, 15) is 24.3 Å². The minimum absolute atomic E-state index is 0.00272. The van der Waals surface area contributed by atoms with Crippen molar-refractivity contribution >= 4 is 23.9 Å². The number of nitrogens with zero attached hydrogens (tertiary/aromatic N) is 2. The molecule has 11 heteroatoms. The summed E-state index contributed by atoms with van der Waals surface area (Å²) in [6.07, 6.45) is 53.4. The molecule has 9 rings (SSSR count). The van der Waals surface area contributed by atoms with Gasteiger partial charge in [0.15, 0.2) is 0 Å². The van der Waals surface area contributed by atoms with Crippen molar-refractivity contribution in [2.45, 2.75) is 302 Å². The van der Waals surface area contributed by atoms with Gasteiger partial charge in [0.25, 0.3) is 0 Å². The number of aliphatic hydroxyl groups excluding tert-OH is 1. The Hall–Kier alpha value is -2.24. The number of ether oxygens (including phenoxy) is 4. The third kappa shape index (κ3) is 26.9. The lowest BCUT2D eigenvalue weighted by Gasteiger charge is -2.46. The van der Waals surface area contributed by atoms with E-state index in [-0.39, 0.29) is 30.5 Å². The van der Waals surface area contributed by atoms with Crippen molar-refractivity contribution in [1.29, 1.82) is 0 Å². The Morgan fingerprint density at radius 2 is 0.544 bits per heavy atom. The molecule has 0 aromatic heterocycles. The first-order valence-corrected chi connectivity index (χ1v) is 34.3. The van der Waals surface area contributed by atoms with Crippen LogP contribution in [0.1, 0.15) is 302 Å². The van der Waals surface area contributed by atoms with Crippen LogP contribution in [0, 0.1) is 34.0 Å². The van der Waals surface area contributed by atoms with Gasteiger partial charge in [0, 0.05) is 38.8 Å². The second-order valence-corrected chi connectivity index (χ2v) is 27.3. The van der Waals surface area contributed by atoms with E-state index in [0.717, 1.165) is 160 Å². The van der Waals surface area contributed by atoms with Crippen LogP contribution in [-0.4, -0.2) is 111 Å². The van der Waals surface area contributed by atoms with E-state index in [2.05, 4.69) is 9.80 Å². The van der Waals surface area contributed by atoms with Gasteiger partial charge < -0.3 is 33.9 Å². The van der Waals surface area contributed by atoms with Crippen LogP contribution in [0.2, 0.25) is 0 Å². The van der Waals surface area contributed by atoms with E-state index in [1.54, 1.807) is 0 Å². The van der Waals surface area contributed by atoms with Gasteiger partial charge in [0.1, 0.15) is 0 Å². The highest BCUT2D eigenvalue weighted by Gasteiger charge is 2.42. The summed E-state index contributed by atoms with van der Waals surface area (Å²) < 4.78 is 22.8. The van der Waals surface area contributed by atoms with Crippen LogP contribution >= 0.6 is 0 Å². The maximum Gasteiger partial charge on any atom is 0.305 e. The molecule has 0 amide bonds. The molecule has 0 unspecified atom stereocenters. The van der Waals surface area contributed by atoms with E-state index in [1.165, 1.54) is 173 Å². The Kier molecular flexibility index (Phi) is 32.2. The van der Waals surface area contributed by atoms with Gasteiger partial charge in [0.05, 0.1) is 26.4 Å². The van der Waals surface area contributed by atoms with Crippen LogP contribution in [0.15, 0.2) is 0 Å². The summed E-state index contributed by atoms with van der Waals surface area (Å²) in [6, 6.07) is 0. The van der Waals surface area contributed by atoms with E-state index >= 15 is 0 Å². The lowest BCUT2D eigenvalue weighted by molar-refractivity contribution is -0.146. The number of carbonyl (C=O) groups excluding carboxylic acids is 4. The first-order chi connectivity index (χ1) is 38.6. The van der Waals surface area contributed by atoms with Gasteiger partial charge in [-0.05, 0) is 266 Å². The molecule has 11 nitrogen and oxygen atoms in total. The Morgan fingerprint density at radius 3 is 0.861 bits per heavy atom. The first kappa shape index (κ1) is 65.9. The van der Waals surface area contributed by atoms with Crippen molar-refractivity contribution in [3.8, 4) is 0 Å². The second-order valence-electron chi connectivity index (χ2n) is 27.3. The van der Waals surface area contributed by atoms with Crippen molar-refractivity contribution < 1.29 is 43.2 Å². The molecular weight excluding hydrogens is 989 g/mol. The quantitative estimate of drug-likeness (QED) is 0.0355. The van der Waals surface area contributed by atoms with Crippen molar-refractivity contribution in [1.82, 2.24) is 9.80 Å². The monoisotopic (exact) mass is 1110 g/mol. The number of rotatable bonds is 48. The normalized spacial score (nSPS) is 25.1. The fourth-order valence-electron chi connectivity index (χ4n) is 15.5. The molecule has 0 radical (unpaired) electrons. The Morgan fingerprint density at radius 1 is 0.304 bits per heavy atom. The molecule has 0 atom stereocenters. The zero-order valence-electron chi connectivity index (χ0n) is 50.9. The molecule has 1 N–H and O–H groups in total. The number of esters is 4. The maximum atomic E-state index is 12.8. The van der Waals surface area contributed by atoms with Gasteiger partial charge in [-0.25, -0.2) is 0 Å². The molecule has 456 valence electrons. The van der Waals surface area contributed by atoms with E-state index < -0.39 is 0 Å². The van der Waals surface area contributed by atoms with Crippen LogP contribution in [0.25, 0.3) is 0 Å². The lowest BCUT2D eigenvalue weighted by atomic mass is 9.59. The van der Waals surface area contributed by atoms with Crippen LogP contribution in [0.5, 0.6) is 0 Å². The molecule has 9 fully saturated rings. The number of unbranched alkanes of at least 4 members (excludes halogenated alkanes) is 16. The Labute approximate surface area is 483 Å². The topological polar surface area (TPSA) is 132 Å². The SMILES string of the molecule is O=C(CCCN(CCCO)CCCCCCCCC(=O)OCCC12CCC(CC1)CC2)OCCCCN(CCCCCCCCC(=O)OCCC12CCC(CC1)CC2)CCCCCCCCC(=O)OCCC12CCC(CC1)CC2. The Bertz CT molecular complexity index is 1540. The minimum atomic E-state index is -0.102. The highest BCUT2D eigenvalue weighted by Crippen LogP contribution is 2.54. The van der Waals surface area contributed by atoms with Gasteiger partial charge in [-0.3, -0.25) is 19.2 Å². The highest BCUT2D eigenvalue weighted by atomic mass is 16.5. The zero-order chi connectivity index (χ0) is 55.5. The molecule has 0 heterocycles. The maximum absolute atomic E-state index is 12.8. The highest BCUT2D eigenvalue weighted by molar-refractivity contribution is 5.70. The third-order valence-corrected chi connectivity index (χ3v) is 21.4. The first-order valence-electron chi connectivity index (χ1n) is 34.3. The number of aliphatic hydroxyl groups is 1. The van der Waals surface area contributed by atoms with Crippen LogP contribution in [-0.2, 0) is 38.1 Å². The van der Waals surface area contributed by atoms with E-state index in [0.29, 0.717) is 68.4 Å². The van der Waals surface area contributed by atoms with Crippen molar-refractivity contribution in [2.24, 2.45) is 34.0 Å². The zero-order valence-corrected chi connectivity index (χ0v) is 50.9. The molecule has 6 bridgehead atoms. The summed E-state index contributed by atoms with van der Waals surface area (Å²) in [7, 11) is 0. The van der Waals surface area contributed by atoms with Gasteiger partial charge in [-0.15, -0.1) is 0 Å². The average Bonchev–Trinajstić information content (AvgIpc) is 3.50. The van der Waals surface area contributed by atoms with Crippen molar-refractivity contribution in [3.63, 3.8) is 0 Å². The lowest BCUT2D eigenvalue weighted by Crippen LogP contribution is -2.35. The fraction of sp³-hybridized carbons (Fsp3) is 0.941. The van der Waals surface area contributed by atoms with Crippen molar-refractivity contribution in [3.05, 3.63) is 0 Å². The molecule has 9 aliphatic rings.